The molecule has 164 valence electrons. The van der Waals surface area contributed by atoms with E-state index >= 15 is 0 Å². The zero-order valence-electron chi connectivity index (χ0n) is 18.3. The third kappa shape index (κ3) is 5.03. The highest BCUT2D eigenvalue weighted by molar-refractivity contribution is 5.93. The van der Waals surface area contributed by atoms with Gasteiger partial charge in [-0.2, -0.15) is 0 Å². The second kappa shape index (κ2) is 9.89. The molecule has 0 aliphatic carbocycles. The van der Waals surface area contributed by atoms with Gasteiger partial charge in [-0.1, -0.05) is 6.92 Å². The number of carbonyl (C=O) groups is 1. The van der Waals surface area contributed by atoms with Gasteiger partial charge in [0.05, 0.1) is 7.11 Å². The molecule has 0 unspecified atom stereocenters. The Morgan fingerprint density at radius 3 is 2.58 bits per heavy atom. The van der Waals surface area contributed by atoms with Gasteiger partial charge in [0.25, 0.3) is 5.91 Å². The minimum absolute atomic E-state index is 0.153. The van der Waals surface area contributed by atoms with Crippen molar-refractivity contribution in [3.63, 3.8) is 0 Å². The Hall–Kier alpha value is -2.97. The summed E-state index contributed by atoms with van der Waals surface area (Å²) in [6.07, 6.45) is 6.21. The summed E-state index contributed by atoms with van der Waals surface area (Å²) in [5.41, 5.74) is 2.72. The molecular formula is C23H30N6O2. The van der Waals surface area contributed by atoms with Crippen molar-refractivity contribution in [3.05, 3.63) is 48.5 Å². The number of likely N-dealkylation sites (N-methyl/N-ethyl adjacent to an activating group) is 1. The van der Waals surface area contributed by atoms with Crippen molar-refractivity contribution in [2.24, 2.45) is 0 Å². The number of carbonyl (C=O) groups excluding carboxylic acids is 1. The van der Waals surface area contributed by atoms with Crippen LogP contribution < -0.4 is 10.1 Å². The quantitative estimate of drug-likeness (QED) is 0.561. The average Bonchev–Trinajstić information content (AvgIpc) is 3.27. The largest absolute Gasteiger partial charge is 0.497 e. The second-order valence-electron chi connectivity index (χ2n) is 7.75. The van der Waals surface area contributed by atoms with Gasteiger partial charge in [0.1, 0.15) is 17.1 Å². The number of nitrogens with one attached hydrogen (secondary N) is 1. The van der Waals surface area contributed by atoms with Crippen molar-refractivity contribution >= 4 is 11.6 Å². The summed E-state index contributed by atoms with van der Waals surface area (Å²) in [5, 5.41) is 3.00. The summed E-state index contributed by atoms with van der Waals surface area (Å²) in [5.74, 6) is 0.631. The molecule has 0 atom stereocenters. The van der Waals surface area contributed by atoms with Crippen LogP contribution in [0.4, 0.5) is 0 Å². The average molecular weight is 423 g/mol. The van der Waals surface area contributed by atoms with Gasteiger partial charge in [-0.25, -0.2) is 4.98 Å². The number of piperazine rings is 1. The smallest absolute Gasteiger partial charge is 0.271 e. The third-order valence-electron chi connectivity index (χ3n) is 5.82. The molecule has 1 N–H and O–H groups in total. The lowest BCUT2D eigenvalue weighted by Gasteiger charge is -2.33. The molecule has 31 heavy (non-hydrogen) atoms. The molecular weight excluding hydrogens is 392 g/mol. The van der Waals surface area contributed by atoms with Crippen LogP contribution in [-0.2, 0) is 0 Å². The fourth-order valence-electron chi connectivity index (χ4n) is 3.91. The van der Waals surface area contributed by atoms with Crippen molar-refractivity contribution in [1.82, 2.24) is 29.5 Å². The number of hydrogen-bond donors (Lipinski definition) is 1. The number of amides is 1. The number of nitrogens with zero attached hydrogens (tertiary/aromatic N) is 5. The van der Waals surface area contributed by atoms with Crippen molar-refractivity contribution in [1.29, 1.82) is 0 Å². The fraction of sp³-hybridized carbons (Fsp3) is 0.435. The van der Waals surface area contributed by atoms with Gasteiger partial charge in [-0.15, -0.1) is 0 Å². The zero-order chi connectivity index (χ0) is 21.6. The van der Waals surface area contributed by atoms with Crippen LogP contribution in [0.2, 0.25) is 0 Å². The first-order valence-electron chi connectivity index (χ1n) is 10.9. The number of rotatable bonds is 8. The molecule has 0 spiro atoms. The number of aromatic nitrogens is 3. The highest BCUT2D eigenvalue weighted by Gasteiger charge is 2.16. The molecule has 2 aromatic heterocycles. The van der Waals surface area contributed by atoms with E-state index in [4.69, 9.17) is 4.74 Å². The van der Waals surface area contributed by atoms with Crippen molar-refractivity contribution in [2.75, 3.05) is 52.9 Å². The van der Waals surface area contributed by atoms with Crippen LogP contribution >= 0.6 is 0 Å². The maximum Gasteiger partial charge on any atom is 0.271 e. The van der Waals surface area contributed by atoms with Crippen LogP contribution in [0.25, 0.3) is 16.9 Å². The molecule has 1 aliphatic rings. The molecule has 1 amide bonds. The molecule has 8 nitrogen and oxygen atoms in total. The van der Waals surface area contributed by atoms with E-state index in [2.05, 4.69) is 32.0 Å². The first-order valence-corrected chi connectivity index (χ1v) is 10.9. The van der Waals surface area contributed by atoms with E-state index in [1.807, 2.05) is 34.9 Å². The van der Waals surface area contributed by atoms with Gasteiger partial charge >= 0.3 is 0 Å². The number of methoxy groups -OCH3 is 1. The summed E-state index contributed by atoms with van der Waals surface area (Å²) in [6.45, 7) is 9.46. The second-order valence-corrected chi connectivity index (χ2v) is 7.75. The molecule has 3 heterocycles. The predicted octanol–water partition coefficient (Wildman–Crippen LogP) is 2.16. The Bertz CT molecular complexity index is 1010. The van der Waals surface area contributed by atoms with Crippen LogP contribution in [0.1, 0.15) is 23.8 Å². The Morgan fingerprint density at radius 2 is 1.87 bits per heavy atom. The number of ether oxygens (including phenoxy) is 1. The van der Waals surface area contributed by atoms with Crippen LogP contribution in [-0.4, -0.2) is 83.0 Å². The molecule has 3 aromatic rings. The van der Waals surface area contributed by atoms with E-state index in [0.29, 0.717) is 17.9 Å². The van der Waals surface area contributed by atoms with Gasteiger partial charge in [0.2, 0.25) is 0 Å². The van der Waals surface area contributed by atoms with Crippen LogP contribution in [0.5, 0.6) is 5.75 Å². The molecule has 8 heteroatoms. The summed E-state index contributed by atoms with van der Waals surface area (Å²) in [7, 11) is 1.64. The van der Waals surface area contributed by atoms with Crippen LogP contribution in [0.15, 0.2) is 42.9 Å². The highest BCUT2D eigenvalue weighted by atomic mass is 16.5. The van der Waals surface area contributed by atoms with Gasteiger partial charge in [0, 0.05) is 56.9 Å². The number of imidazole rings is 1. The van der Waals surface area contributed by atoms with E-state index in [0.717, 1.165) is 62.7 Å². The van der Waals surface area contributed by atoms with Crippen molar-refractivity contribution in [3.8, 4) is 17.0 Å². The molecule has 1 fully saturated rings. The maximum absolute atomic E-state index is 12.6. The van der Waals surface area contributed by atoms with Gasteiger partial charge < -0.3 is 24.3 Å². The molecule has 0 bridgehead atoms. The number of benzene rings is 1. The van der Waals surface area contributed by atoms with E-state index in [-0.39, 0.29) is 5.91 Å². The normalized spacial score (nSPS) is 15.3. The Kier molecular flexibility index (Phi) is 6.79. The Balaban J connectivity index is 1.35. The first kappa shape index (κ1) is 21.3. The van der Waals surface area contributed by atoms with E-state index < -0.39 is 0 Å². The summed E-state index contributed by atoms with van der Waals surface area (Å²) in [4.78, 5) is 26.6. The predicted molar refractivity (Wildman–Crippen MR) is 120 cm³/mol. The summed E-state index contributed by atoms with van der Waals surface area (Å²) >= 11 is 0. The van der Waals surface area contributed by atoms with Gasteiger partial charge in [0.15, 0.2) is 5.65 Å². The Labute approximate surface area is 182 Å². The molecule has 4 rings (SSSR count). The van der Waals surface area contributed by atoms with Gasteiger partial charge in [-0.05, 0) is 43.8 Å². The highest BCUT2D eigenvalue weighted by Crippen LogP contribution is 2.24. The SMILES string of the molecule is CCN1CCN(CCCNC(=O)c2cn3ccnc(-c4ccc(OC)cc4)c3n2)CC1. The van der Waals surface area contributed by atoms with Crippen LogP contribution in [0.3, 0.4) is 0 Å². The zero-order valence-corrected chi connectivity index (χ0v) is 18.3. The molecule has 1 saturated heterocycles. The monoisotopic (exact) mass is 422 g/mol. The molecule has 1 aromatic carbocycles. The summed E-state index contributed by atoms with van der Waals surface area (Å²) < 4.78 is 7.07. The van der Waals surface area contributed by atoms with Gasteiger partial charge in [-0.3, -0.25) is 9.78 Å². The third-order valence-corrected chi connectivity index (χ3v) is 5.82. The number of hydrogen-bond acceptors (Lipinski definition) is 6. The summed E-state index contributed by atoms with van der Waals surface area (Å²) in [6, 6.07) is 7.66. The van der Waals surface area contributed by atoms with Crippen molar-refractivity contribution in [2.45, 2.75) is 13.3 Å². The molecule has 0 saturated carbocycles. The first-order chi connectivity index (χ1) is 15.2. The van der Waals surface area contributed by atoms with E-state index in [1.165, 1.54) is 0 Å². The lowest BCUT2D eigenvalue weighted by atomic mass is 10.1. The topological polar surface area (TPSA) is 75.0 Å². The lowest BCUT2D eigenvalue weighted by molar-refractivity contribution is 0.0944. The minimum atomic E-state index is -0.153. The molecule has 0 radical (unpaired) electrons. The van der Waals surface area contributed by atoms with Crippen LogP contribution in [0, 0.1) is 0 Å². The lowest BCUT2D eigenvalue weighted by Crippen LogP contribution is -2.46. The van der Waals surface area contributed by atoms with E-state index in [9.17, 15) is 4.79 Å². The molecule has 1 aliphatic heterocycles. The maximum atomic E-state index is 12.6. The fourth-order valence-corrected chi connectivity index (χ4v) is 3.91. The Morgan fingerprint density at radius 1 is 1.13 bits per heavy atom. The minimum Gasteiger partial charge on any atom is -0.497 e. The van der Waals surface area contributed by atoms with Crippen molar-refractivity contribution < 1.29 is 9.53 Å². The van der Waals surface area contributed by atoms with E-state index in [1.54, 1.807) is 19.5 Å². The number of fused-ring (bicyclic) bond motifs is 1. The standard InChI is InChI=1S/C23H30N6O2/c1-3-27-13-15-28(16-14-27)11-4-9-25-23(30)20-17-29-12-10-24-21(22(29)26-20)18-5-7-19(31-2)8-6-18/h5-8,10,12,17H,3-4,9,11,13-16H2,1-2H3,(H,25,30).